The Morgan fingerprint density at radius 2 is 1.90 bits per heavy atom. The van der Waals surface area contributed by atoms with Crippen LogP contribution in [0.25, 0.3) is 10.8 Å². The maximum Gasteiger partial charge on any atom is 0.126 e. The number of benzene rings is 2. The molecule has 2 aromatic carbocycles. The van der Waals surface area contributed by atoms with Gasteiger partial charge in [-0.25, -0.2) is 4.39 Å². The molecule has 0 aliphatic rings. The minimum atomic E-state index is -0.164. The van der Waals surface area contributed by atoms with Gasteiger partial charge < -0.3 is 11.1 Å². The molecular formula is C17H16FN3. The standard InChI is InChI=1S/C17H16FN3/c18-15-4-2-1-3-12(15)7-10-21-17-6-5-16(19)13-8-9-20-11-14(13)17/h1-6,8-9,11,21H,7,10,19H2. The lowest BCUT2D eigenvalue weighted by molar-refractivity contribution is 0.610. The van der Waals surface area contributed by atoms with Gasteiger partial charge >= 0.3 is 0 Å². The Balaban J connectivity index is 1.77. The number of rotatable bonds is 4. The predicted molar refractivity (Wildman–Crippen MR) is 84.7 cm³/mol. The number of aromatic nitrogens is 1. The first-order valence-electron chi connectivity index (χ1n) is 6.85. The lowest BCUT2D eigenvalue weighted by atomic mass is 10.1. The summed E-state index contributed by atoms with van der Waals surface area (Å²) in [6, 6.07) is 12.5. The summed E-state index contributed by atoms with van der Waals surface area (Å²) < 4.78 is 13.6. The quantitative estimate of drug-likeness (QED) is 0.718. The van der Waals surface area contributed by atoms with Crippen molar-refractivity contribution in [1.82, 2.24) is 4.98 Å². The second-order valence-electron chi connectivity index (χ2n) is 4.89. The van der Waals surface area contributed by atoms with Crippen LogP contribution in [0, 0.1) is 5.82 Å². The summed E-state index contributed by atoms with van der Waals surface area (Å²) >= 11 is 0. The van der Waals surface area contributed by atoms with Gasteiger partial charge in [0.25, 0.3) is 0 Å². The molecular weight excluding hydrogens is 265 g/mol. The molecule has 4 heteroatoms. The Bertz CT molecular complexity index is 771. The zero-order valence-electron chi connectivity index (χ0n) is 11.5. The Morgan fingerprint density at radius 1 is 1.05 bits per heavy atom. The van der Waals surface area contributed by atoms with E-state index in [1.165, 1.54) is 6.07 Å². The molecule has 106 valence electrons. The maximum atomic E-state index is 13.6. The topological polar surface area (TPSA) is 50.9 Å². The molecule has 21 heavy (non-hydrogen) atoms. The van der Waals surface area contributed by atoms with Crippen molar-refractivity contribution >= 4 is 22.1 Å². The summed E-state index contributed by atoms with van der Waals surface area (Å²) in [5, 5.41) is 5.28. The van der Waals surface area contributed by atoms with E-state index < -0.39 is 0 Å². The third kappa shape index (κ3) is 2.79. The van der Waals surface area contributed by atoms with Gasteiger partial charge in [-0.3, -0.25) is 4.98 Å². The van der Waals surface area contributed by atoms with Crippen LogP contribution in [0.1, 0.15) is 5.56 Å². The van der Waals surface area contributed by atoms with Gasteiger partial charge in [-0.1, -0.05) is 18.2 Å². The molecule has 1 aromatic heterocycles. The molecule has 3 nitrogen and oxygen atoms in total. The van der Waals surface area contributed by atoms with Gasteiger partial charge in [0, 0.05) is 41.1 Å². The van der Waals surface area contributed by atoms with Crippen molar-refractivity contribution in [3.05, 3.63) is 66.2 Å². The minimum absolute atomic E-state index is 0.164. The zero-order chi connectivity index (χ0) is 14.7. The summed E-state index contributed by atoms with van der Waals surface area (Å²) in [5.41, 5.74) is 8.36. The smallest absolute Gasteiger partial charge is 0.126 e. The molecule has 3 N–H and O–H groups in total. The first-order valence-corrected chi connectivity index (χ1v) is 6.85. The van der Waals surface area contributed by atoms with E-state index in [4.69, 9.17) is 5.73 Å². The summed E-state index contributed by atoms with van der Waals surface area (Å²) in [6.07, 6.45) is 4.14. The molecule has 0 saturated heterocycles. The number of nitrogen functional groups attached to an aromatic ring is 1. The third-order valence-electron chi connectivity index (χ3n) is 3.52. The molecule has 3 rings (SSSR count). The number of fused-ring (bicyclic) bond motifs is 1. The molecule has 0 bridgehead atoms. The van der Waals surface area contributed by atoms with Gasteiger partial charge in [-0.15, -0.1) is 0 Å². The van der Waals surface area contributed by atoms with E-state index in [0.29, 0.717) is 18.5 Å². The van der Waals surface area contributed by atoms with Gasteiger partial charge in [0.2, 0.25) is 0 Å². The number of halogens is 1. The van der Waals surface area contributed by atoms with Crippen molar-refractivity contribution in [3.63, 3.8) is 0 Å². The number of anilines is 2. The van der Waals surface area contributed by atoms with E-state index >= 15 is 0 Å². The molecule has 0 aliphatic carbocycles. The summed E-state index contributed by atoms with van der Waals surface area (Å²) in [4.78, 5) is 4.14. The number of hydrogen-bond acceptors (Lipinski definition) is 3. The van der Waals surface area contributed by atoms with Crippen LogP contribution >= 0.6 is 0 Å². The average Bonchev–Trinajstić information content (AvgIpc) is 2.52. The molecule has 0 amide bonds. The van der Waals surface area contributed by atoms with E-state index in [2.05, 4.69) is 10.3 Å². The highest BCUT2D eigenvalue weighted by Gasteiger charge is 2.05. The lowest BCUT2D eigenvalue weighted by Gasteiger charge is -2.11. The maximum absolute atomic E-state index is 13.6. The highest BCUT2D eigenvalue weighted by molar-refractivity contribution is 6.00. The third-order valence-corrected chi connectivity index (χ3v) is 3.52. The average molecular weight is 281 g/mol. The molecule has 0 radical (unpaired) electrons. The van der Waals surface area contributed by atoms with Crippen molar-refractivity contribution in [2.45, 2.75) is 6.42 Å². The minimum Gasteiger partial charge on any atom is -0.398 e. The van der Waals surface area contributed by atoms with Crippen molar-refractivity contribution in [2.24, 2.45) is 0 Å². The molecule has 0 atom stereocenters. The fourth-order valence-corrected chi connectivity index (χ4v) is 2.40. The Morgan fingerprint density at radius 3 is 2.76 bits per heavy atom. The first kappa shape index (κ1) is 13.4. The van der Waals surface area contributed by atoms with Crippen molar-refractivity contribution in [3.8, 4) is 0 Å². The molecule has 3 aromatic rings. The molecule has 0 fully saturated rings. The van der Waals surface area contributed by atoms with Crippen LogP contribution in [0.4, 0.5) is 15.8 Å². The Labute approximate surface area is 122 Å². The molecule has 0 unspecified atom stereocenters. The number of nitrogens with zero attached hydrogens (tertiary/aromatic N) is 1. The van der Waals surface area contributed by atoms with Gasteiger partial charge in [0.05, 0.1) is 0 Å². The van der Waals surface area contributed by atoms with E-state index in [1.807, 2.05) is 24.3 Å². The molecule has 0 saturated carbocycles. The van der Waals surface area contributed by atoms with Crippen molar-refractivity contribution in [2.75, 3.05) is 17.6 Å². The number of pyridine rings is 1. The van der Waals surface area contributed by atoms with E-state index in [-0.39, 0.29) is 5.82 Å². The monoisotopic (exact) mass is 281 g/mol. The number of hydrogen-bond donors (Lipinski definition) is 2. The van der Waals surface area contributed by atoms with Crippen molar-refractivity contribution < 1.29 is 4.39 Å². The van der Waals surface area contributed by atoms with Crippen LogP contribution in [0.15, 0.2) is 54.9 Å². The highest BCUT2D eigenvalue weighted by Crippen LogP contribution is 2.27. The summed E-state index contributed by atoms with van der Waals surface area (Å²) in [5.74, 6) is -0.164. The Hall–Kier alpha value is -2.62. The van der Waals surface area contributed by atoms with Gasteiger partial charge in [0.15, 0.2) is 0 Å². The number of nitrogens with one attached hydrogen (secondary N) is 1. The first-order chi connectivity index (χ1) is 10.3. The SMILES string of the molecule is Nc1ccc(NCCc2ccccc2F)c2cnccc12. The van der Waals surface area contributed by atoms with Crippen molar-refractivity contribution in [1.29, 1.82) is 0 Å². The molecule has 1 heterocycles. The van der Waals surface area contributed by atoms with Crippen LogP contribution in [0.2, 0.25) is 0 Å². The van der Waals surface area contributed by atoms with Crippen LogP contribution in [0.3, 0.4) is 0 Å². The van der Waals surface area contributed by atoms with Crippen LogP contribution in [-0.2, 0) is 6.42 Å². The van der Waals surface area contributed by atoms with Gasteiger partial charge in [0.1, 0.15) is 5.82 Å². The number of nitrogens with two attached hydrogens (primary N) is 1. The van der Waals surface area contributed by atoms with Gasteiger partial charge in [-0.2, -0.15) is 0 Å². The van der Waals surface area contributed by atoms with E-state index in [0.717, 1.165) is 22.1 Å². The lowest BCUT2D eigenvalue weighted by Crippen LogP contribution is -2.06. The zero-order valence-corrected chi connectivity index (χ0v) is 11.5. The Kier molecular flexibility index (Phi) is 3.69. The predicted octanol–water partition coefficient (Wildman–Crippen LogP) is 3.61. The normalized spacial score (nSPS) is 10.7. The van der Waals surface area contributed by atoms with Crippen LogP contribution < -0.4 is 11.1 Å². The highest BCUT2D eigenvalue weighted by atomic mass is 19.1. The van der Waals surface area contributed by atoms with Crippen LogP contribution in [-0.4, -0.2) is 11.5 Å². The second kappa shape index (κ2) is 5.79. The summed E-state index contributed by atoms with van der Waals surface area (Å²) in [6.45, 7) is 0.648. The largest absolute Gasteiger partial charge is 0.398 e. The summed E-state index contributed by atoms with van der Waals surface area (Å²) in [7, 11) is 0. The fourth-order valence-electron chi connectivity index (χ4n) is 2.40. The second-order valence-corrected chi connectivity index (χ2v) is 4.89. The fraction of sp³-hybridized carbons (Fsp3) is 0.118. The molecule has 0 spiro atoms. The van der Waals surface area contributed by atoms with E-state index in [9.17, 15) is 4.39 Å². The van der Waals surface area contributed by atoms with Crippen LogP contribution in [0.5, 0.6) is 0 Å². The van der Waals surface area contributed by atoms with E-state index in [1.54, 1.807) is 24.5 Å². The molecule has 0 aliphatic heterocycles. The van der Waals surface area contributed by atoms with Gasteiger partial charge in [-0.05, 0) is 36.2 Å².